The highest BCUT2D eigenvalue weighted by Crippen LogP contribution is 2.26. The van der Waals surface area contributed by atoms with Gasteiger partial charge in [0.1, 0.15) is 23.0 Å². The Morgan fingerprint density at radius 3 is 2.48 bits per heavy atom. The minimum atomic E-state index is -0.890. The molecule has 1 unspecified atom stereocenters. The monoisotopic (exact) mass is 359 g/mol. The molecule has 0 saturated carbocycles. The van der Waals surface area contributed by atoms with Crippen LogP contribution >= 0.6 is 15.9 Å². The Hall–Kier alpha value is -1.30. The lowest BCUT2D eigenvalue weighted by Gasteiger charge is -2.35. The van der Waals surface area contributed by atoms with Crippen molar-refractivity contribution in [3.63, 3.8) is 0 Å². The average molecular weight is 360 g/mol. The second-order valence-electron chi connectivity index (χ2n) is 5.30. The van der Waals surface area contributed by atoms with Crippen LogP contribution in [0.5, 0.6) is 0 Å². The number of amides is 1. The van der Waals surface area contributed by atoms with Crippen LogP contribution in [0.15, 0.2) is 16.6 Å². The molecule has 0 radical (unpaired) electrons. The normalized spacial score (nSPS) is 18.7. The molecular formula is C15H16BrF2NO2. The fourth-order valence-corrected chi connectivity index (χ4v) is 3.10. The molecule has 21 heavy (non-hydrogen) atoms. The van der Waals surface area contributed by atoms with Crippen molar-refractivity contribution in [2.24, 2.45) is 0 Å². The molecule has 0 bridgehead atoms. The first-order valence-electron chi connectivity index (χ1n) is 6.85. The van der Waals surface area contributed by atoms with Crippen molar-refractivity contribution in [3.8, 4) is 0 Å². The van der Waals surface area contributed by atoms with Crippen LogP contribution in [0.4, 0.5) is 8.78 Å². The fourth-order valence-electron chi connectivity index (χ4n) is 2.70. The molecule has 1 aromatic rings. The molecule has 0 spiro atoms. The van der Waals surface area contributed by atoms with Gasteiger partial charge in [-0.15, -0.1) is 0 Å². The van der Waals surface area contributed by atoms with Crippen LogP contribution in [0.1, 0.15) is 43.0 Å². The highest BCUT2D eigenvalue weighted by molar-refractivity contribution is 9.10. The molecule has 3 nitrogen and oxygen atoms in total. The minimum Gasteiger partial charge on any atom is -0.335 e. The molecule has 0 N–H and O–H groups in total. The third kappa shape index (κ3) is 3.67. The second-order valence-corrected chi connectivity index (χ2v) is 6.21. The second kappa shape index (κ2) is 6.64. The summed E-state index contributed by atoms with van der Waals surface area (Å²) in [5, 5.41) is 0. The number of carbonyl (C=O) groups is 2. The number of hydrogen-bond acceptors (Lipinski definition) is 2. The summed E-state index contributed by atoms with van der Waals surface area (Å²) in [6, 6.07) is 1.87. The summed E-state index contributed by atoms with van der Waals surface area (Å²) in [5.74, 6) is -2.49. The smallest absolute Gasteiger partial charge is 0.260 e. The summed E-state index contributed by atoms with van der Waals surface area (Å²) in [4.78, 5) is 25.2. The number of Topliss-reactive ketones (excluding diaryl/α,β-unsaturated/α-hetero) is 1. The maximum Gasteiger partial charge on any atom is 0.260 e. The molecule has 1 aliphatic rings. The standard InChI is InChI=1S/C15H16BrF2NO2/c1-9(20)6-11-4-2-3-5-19(11)15(21)14-12(17)7-10(16)8-13(14)18/h7-8,11H,2-6H2,1H3. The summed E-state index contributed by atoms with van der Waals surface area (Å²) in [7, 11) is 0. The van der Waals surface area contributed by atoms with Gasteiger partial charge in [0.15, 0.2) is 0 Å². The van der Waals surface area contributed by atoms with Gasteiger partial charge in [-0.2, -0.15) is 0 Å². The molecule has 1 aliphatic heterocycles. The van der Waals surface area contributed by atoms with E-state index in [0.29, 0.717) is 13.0 Å². The van der Waals surface area contributed by atoms with Crippen molar-refractivity contribution in [1.29, 1.82) is 0 Å². The van der Waals surface area contributed by atoms with Crippen molar-refractivity contribution in [3.05, 3.63) is 33.8 Å². The molecule has 1 saturated heterocycles. The lowest BCUT2D eigenvalue weighted by atomic mass is 9.96. The van der Waals surface area contributed by atoms with Crippen LogP contribution in [0, 0.1) is 11.6 Å². The number of carbonyl (C=O) groups excluding carboxylic acids is 2. The maximum atomic E-state index is 13.9. The summed E-state index contributed by atoms with van der Waals surface area (Å²) in [6.45, 7) is 1.88. The minimum absolute atomic E-state index is 0.0311. The van der Waals surface area contributed by atoms with Crippen LogP contribution in [-0.4, -0.2) is 29.2 Å². The SMILES string of the molecule is CC(=O)CC1CCCCN1C(=O)c1c(F)cc(Br)cc1F. The van der Waals surface area contributed by atoms with E-state index in [1.54, 1.807) is 0 Å². The van der Waals surface area contributed by atoms with E-state index in [9.17, 15) is 18.4 Å². The molecule has 6 heteroatoms. The Morgan fingerprint density at radius 2 is 1.90 bits per heavy atom. The van der Waals surface area contributed by atoms with Crippen molar-refractivity contribution in [2.75, 3.05) is 6.54 Å². The first-order valence-corrected chi connectivity index (χ1v) is 7.64. The third-order valence-electron chi connectivity index (χ3n) is 3.63. The fraction of sp³-hybridized carbons (Fsp3) is 0.467. The molecule has 114 valence electrons. The number of ketones is 1. The van der Waals surface area contributed by atoms with E-state index < -0.39 is 23.1 Å². The summed E-state index contributed by atoms with van der Waals surface area (Å²) in [5.41, 5.74) is -0.548. The largest absolute Gasteiger partial charge is 0.335 e. The zero-order valence-electron chi connectivity index (χ0n) is 11.7. The van der Waals surface area contributed by atoms with Crippen molar-refractivity contribution in [1.82, 2.24) is 4.90 Å². The first-order chi connectivity index (χ1) is 9.90. The van der Waals surface area contributed by atoms with Gasteiger partial charge in [0, 0.05) is 23.5 Å². The van der Waals surface area contributed by atoms with Crippen molar-refractivity contribution >= 4 is 27.6 Å². The molecule has 1 atom stereocenters. The summed E-state index contributed by atoms with van der Waals surface area (Å²) >= 11 is 2.99. The molecule has 1 amide bonds. The number of halogens is 3. The van der Waals surface area contributed by atoms with E-state index in [1.165, 1.54) is 11.8 Å². The third-order valence-corrected chi connectivity index (χ3v) is 4.09. The van der Waals surface area contributed by atoms with Gasteiger partial charge in [0.2, 0.25) is 0 Å². The van der Waals surface area contributed by atoms with Crippen molar-refractivity contribution < 1.29 is 18.4 Å². The average Bonchev–Trinajstić information content (AvgIpc) is 2.37. The van der Waals surface area contributed by atoms with Gasteiger partial charge in [0.25, 0.3) is 5.91 Å². The zero-order valence-corrected chi connectivity index (χ0v) is 13.3. The van der Waals surface area contributed by atoms with Gasteiger partial charge in [0.05, 0.1) is 0 Å². The number of piperidine rings is 1. The predicted octanol–water partition coefficient (Wildman–Crippen LogP) is 3.70. The maximum absolute atomic E-state index is 13.9. The number of likely N-dealkylation sites (tertiary alicyclic amines) is 1. The Labute approximate surface area is 130 Å². The molecular weight excluding hydrogens is 344 g/mol. The molecule has 0 aliphatic carbocycles. The van der Waals surface area contributed by atoms with Crippen LogP contribution in [0.3, 0.4) is 0 Å². The first kappa shape index (κ1) is 16.1. The van der Waals surface area contributed by atoms with E-state index in [0.717, 1.165) is 25.0 Å². The van der Waals surface area contributed by atoms with Crippen LogP contribution in [0.2, 0.25) is 0 Å². The number of hydrogen-bond donors (Lipinski definition) is 0. The quantitative estimate of drug-likeness (QED) is 0.824. The molecule has 1 fully saturated rings. The number of nitrogens with zero attached hydrogens (tertiary/aromatic N) is 1. The van der Waals surface area contributed by atoms with Gasteiger partial charge in [-0.05, 0) is 38.3 Å². The summed E-state index contributed by atoms with van der Waals surface area (Å²) < 4.78 is 28.1. The molecule has 2 rings (SSSR count). The van der Waals surface area contributed by atoms with Crippen molar-refractivity contribution in [2.45, 2.75) is 38.6 Å². The predicted molar refractivity (Wildman–Crippen MR) is 78.0 cm³/mol. The molecule has 1 heterocycles. The van der Waals surface area contributed by atoms with E-state index in [1.807, 2.05) is 0 Å². The van der Waals surface area contributed by atoms with Gasteiger partial charge in [-0.1, -0.05) is 15.9 Å². The van der Waals surface area contributed by atoms with Gasteiger partial charge < -0.3 is 4.90 Å². The van der Waals surface area contributed by atoms with Gasteiger partial charge >= 0.3 is 0 Å². The van der Waals surface area contributed by atoms with E-state index in [4.69, 9.17) is 0 Å². The van der Waals surface area contributed by atoms with E-state index in [2.05, 4.69) is 15.9 Å². The Bertz CT molecular complexity index is 554. The van der Waals surface area contributed by atoms with Crippen LogP contribution in [0.25, 0.3) is 0 Å². The lowest BCUT2D eigenvalue weighted by Crippen LogP contribution is -2.45. The van der Waals surface area contributed by atoms with Gasteiger partial charge in [-0.3, -0.25) is 9.59 Å². The molecule has 1 aromatic carbocycles. The topological polar surface area (TPSA) is 37.4 Å². The van der Waals surface area contributed by atoms with E-state index in [-0.39, 0.29) is 22.7 Å². The Kier molecular flexibility index (Phi) is 5.08. The van der Waals surface area contributed by atoms with E-state index >= 15 is 0 Å². The highest BCUT2D eigenvalue weighted by Gasteiger charge is 2.31. The van der Waals surface area contributed by atoms with Gasteiger partial charge in [-0.25, -0.2) is 8.78 Å². The lowest BCUT2D eigenvalue weighted by molar-refractivity contribution is -0.118. The number of rotatable bonds is 3. The Morgan fingerprint density at radius 1 is 1.29 bits per heavy atom. The van der Waals surface area contributed by atoms with Crippen LogP contribution in [-0.2, 0) is 4.79 Å². The van der Waals surface area contributed by atoms with Crippen LogP contribution < -0.4 is 0 Å². The zero-order chi connectivity index (χ0) is 15.6. The summed E-state index contributed by atoms with van der Waals surface area (Å²) in [6.07, 6.45) is 2.60. The number of benzene rings is 1. The molecule has 0 aromatic heterocycles. The Balaban J connectivity index is 2.31. The highest BCUT2D eigenvalue weighted by atomic mass is 79.9.